The average molecular weight is 568 g/mol. The van der Waals surface area contributed by atoms with Gasteiger partial charge in [-0.3, -0.25) is 9.36 Å². The normalized spacial score (nSPS) is 14.9. The summed E-state index contributed by atoms with van der Waals surface area (Å²) in [5.41, 5.74) is 2.15. The fourth-order valence-electron chi connectivity index (χ4n) is 4.29. The molecule has 4 heterocycles. The lowest BCUT2D eigenvalue weighted by Crippen LogP contribution is -2.36. The van der Waals surface area contributed by atoms with Gasteiger partial charge in [0.2, 0.25) is 12.3 Å². The number of benzene rings is 2. The Morgan fingerprint density at radius 2 is 1.97 bits per heavy atom. The molecule has 0 amide bonds. The highest BCUT2D eigenvalue weighted by atomic mass is 32.2. The Balaban J connectivity index is 1.38. The van der Waals surface area contributed by atoms with E-state index in [0.717, 1.165) is 38.8 Å². The molecule has 0 saturated carbocycles. The molecular formula is C27H21F2N4O2S3+. The van der Waals surface area contributed by atoms with Gasteiger partial charge in [-0.1, -0.05) is 58.6 Å². The van der Waals surface area contributed by atoms with Crippen LogP contribution in [0.4, 0.5) is 14.5 Å². The molecule has 0 fully saturated rings. The summed E-state index contributed by atoms with van der Waals surface area (Å²) in [4.78, 5) is 15.3. The number of hydrogen-bond acceptors (Lipinski definition) is 7. The second-order valence-corrected chi connectivity index (χ2v) is 11.5. The predicted molar refractivity (Wildman–Crippen MR) is 147 cm³/mol. The van der Waals surface area contributed by atoms with Crippen molar-refractivity contribution in [3.63, 3.8) is 0 Å². The van der Waals surface area contributed by atoms with E-state index in [-0.39, 0.29) is 10.5 Å². The summed E-state index contributed by atoms with van der Waals surface area (Å²) in [6.45, 7) is 2.88. The highest BCUT2D eigenvalue weighted by Crippen LogP contribution is 2.47. The zero-order valence-electron chi connectivity index (χ0n) is 20.4. The maximum Gasteiger partial charge on any atom is 0.271 e. The molecular weight excluding hydrogens is 547 g/mol. The Kier molecular flexibility index (Phi) is 6.50. The van der Waals surface area contributed by atoms with Crippen molar-refractivity contribution in [1.29, 1.82) is 0 Å². The number of anilines is 1. The molecule has 0 spiro atoms. The third kappa shape index (κ3) is 4.30. The van der Waals surface area contributed by atoms with Gasteiger partial charge in [-0.05, 0) is 19.1 Å². The Bertz CT molecular complexity index is 1840. The summed E-state index contributed by atoms with van der Waals surface area (Å²) in [5, 5.41) is 7.71. The standard InChI is InChI=1S/C27H21F2N4O2S3/c1-3-33-22(37-25(26(33)34)27-31(2)20-10-9-18(28)23(29)24(20)38-27)14-21-32(11-12-36-21)15-17-13-19(30-35-17)16-7-5-4-6-8-16/h4-14H,3,15H2,1-2H3/q+1/b27-25+. The maximum atomic E-state index is 14.5. The first-order valence-corrected chi connectivity index (χ1v) is 14.3. The molecule has 0 saturated heterocycles. The molecule has 0 radical (unpaired) electrons. The third-order valence-electron chi connectivity index (χ3n) is 6.23. The number of nitrogens with zero attached hydrogens (tertiary/aromatic N) is 4. The van der Waals surface area contributed by atoms with Crippen LogP contribution in [0.15, 0.2) is 74.3 Å². The molecule has 11 heteroatoms. The van der Waals surface area contributed by atoms with Gasteiger partial charge in [-0.15, -0.1) is 11.3 Å². The summed E-state index contributed by atoms with van der Waals surface area (Å²) in [6, 6.07) is 14.4. The van der Waals surface area contributed by atoms with Gasteiger partial charge in [-0.2, -0.15) is 4.57 Å². The highest BCUT2D eigenvalue weighted by Gasteiger charge is 2.29. The largest absolute Gasteiger partial charge is 0.354 e. The number of thioether (sulfide) groups is 1. The monoisotopic (exact) mass is 567 g/mol. The van der Waals surface area contributed by atoms with Crippen molar-refractivity contribution in [2.24, 2.45) is 0 Å². The van der Waals surface area contributed by atoms with Crippen molar-refractivity contribution in [3.05, 3.63) is 102 Å². The van der Waals surface area contributed by atoms with Crippen molar-refractivity contribution in [3.8, 4) is 11.3 Å². The van der Waals surface area contributed by atoms with Crippen LogP contribution in [0.2, 0.25) is 0 Å². The van der Waals surface area contributed by atoms with E-state index in [2.05, 4.69) is 5.16 Å². The quantitative estimate of drug-likeness (QED) is 0.295. The summed E-state index contributed by atoms with van der Waals surface area (Å²) < 4.78 is 38.9. The Morgan fingerprint density at radius 3 is 2.76 bits per heavy atom. The molecule has 0 aliphatic carbocycles. The lowest BCUT2D eigenvalue weighted by molar-refractivity contribution is -0.687. The lowest BCUT2D eigenvalue weighted by atomic mass is 10.1. The predicted octanol–water partition coefficient (Wildman–Crippen LogP) is 4.40. The number of fused-ring (bicyclic) bond motifs is 1. The zero-order valence-corrected chi connectivity index (χ0v) is 22.8. The molecule has 0 bridgehead atoms. The molecule has 192 valence electrons. The van der Waals surface area contributed by atoms with Crippen molar-refractivity contribution in [2.75, 3.05) is 11.9 Å². The third-order valence-corrected chi connectivity index (χ3v) is 9.59. The number of rotatable bonds is 5. The van der Waals surface area contributed by atoms with Crippen molar-refractivity contribution < 1.29 is 17.9 Å². The van der Waals surface area contributed by atoms with Gasteiger partial charge in [0.1, 0.15) is 19.9 Å². The van der Waals surface area contributed by atoms with Gasteiger partial charge in [0.25, 0.3) is 10.6 Å². The fraction of sp³-hybridized carbons (Fsp3) is 0.148. The molecule has 0 atom stereocenters. The van der Waals surface area contributed by atoms with Gasteiger partial charge >= 0.3 is 0 Å². The molecule has 2 aromatic carbocycles. The van der Waals surface area contributed by atoms with Crippen molar-refractivity contribution >= 4 is 51.2 Å². The summed E-state index contributed by atoms with van der Waals surface area (Å²) in [6.07, 6.45) is 3.94. The minimum absolute atomic E-state index is 0.155. The topological polar surface area (TPSA) is 55.2 Å². The van der Waals surface area contributed by atoms with E-state index >= 15 is 0 Å². The molecule has 5 aromatic rings. The molecule has 3 aromatic heterocycles. The van der Waals surface area contributed by atoms with Crippen molar-refractivity contribution in [1.82, 2.24) is 9.72 Å². The van der Waals surface area contributed by atoms with Crippen LogP contribution in [-0.4, -0.2) is 16.8 Å². The van der Waals surface area contributed by atoms with Gasteiger partial charge in [0, 0.05) is 25.2 Å². The Morgan fingerprint density at radius 1 is 1.16 bits per heavy atom. The minimum atomic E-state index is -0.901. The van der Waals surface area contributed by atoms with Gasteiger partial charge in [0.05, 0.1) is 22.0 Å². The number of hydrogen-bond donors (Lipinski definition) is 0. The van der Waals surface area contributed by atoms with E-state index in [9.17, 15) is 13.6 Å². The average Bonchev–Trinajstić information content (AvgIpc) is 3.70. The highest BCUT2D eigenvalue weighted by molar-refractivity contribution is 8.08. The first-order valence-electron chi connectivity index (χ1n) is 11.8. The van der Waals surface area contributed by atoms with E-state index in [1.165, 1.54) is 17.4 Å². The first kappa shape index (κ1) is 24.8. The number of halogens is 2. The van der Waals surface area contributed by atoms with Crippen LogP contribution in [-0.2, 0) is 13.1 Å². The smallest absolute Gasteiger partial charge is 0.271 e. The second kappa shape index (κ2) is 9.97. The molecule has 1 aliphatic heterocycles. The Hall–Kier alpha value is -3.54. The zero-order chi connectivity index (χ0) is 26.4. The molecule has 1 aliphatic rings. The van der Waals surface area contributed by atoms with E-state index in [0.29, 0.717) is 34.1 Å². The van der Waals surface area contributed by atoms with E-state index < -0.39 is 11.6 Å². The van der Waals surface area contributed by atoms with E-state index in [4.69, 9.17) is 4.52 Å². The Labute approximate surface area is 228 Å². The molecule has 6 nitrogen and oxygen atoms in total. The van der Waals surface area contributed by atoms with Crippen LogP contribution in [0.3, 0.4) is 0 Å². The van der Waals surface area contributed by atoms with E-state index in [1.54, 1.807) is 27.9 Å². The van der Waals surface area contributed by atoms with Gasteiger partial charge in [-0.25, -0.2) is 8.78 Å². The second-order valence-electron chi connectivity index (χ2n) is 8.55. The van der Waals surface area contributed by atoms with Crippen LogP contribution in [0.25, 0.3) is 22.4 Å². The number of aromatic nitrogens is 3. The SMILES string of the molecule is CCn1c(=O)/c(=C2\Sc3c(ccc(F)c3F)N2C)s/c1=C\c1scc[n+]1Cc1cc(-c2ccccc2)no1. The summed E-state index contributed by atoms with van der Waals surface area (Å²) >= 11 is 3.98. The minimum Gasteiger partial charge on any atom is -0.354 e. The van der Waals surface area contributed by atoms with Crippen LogP contribution in [0.1, 0.15) is 17.7 Å². The molecule has 0 unspecified atom stereocenters. The first-order chi connectivity index (χ1) is 18.4. The van der Waals surface area contributed by atoms with Crippen LogP contribution < -0.4 is 24.2 Å². The lowest BCUT2D eigenvalue weighted by Gasteiger charge is -2.12. The van der Waals surface area contributed by atoms with Gasteiger partial charge in [0.15, 0.2) is 17.8 Å². The summed E-state index contributed by atoms with van der Waals surface area (Å²) in [7, 11) is 1.76. The van der Waals surface area contributed by atoms with Crippen LogP contribution in [0.5, 0.6) is 0 Å². The summed E-state index contributed by atoms with van der Waals surface area (Å²) in [5.74, 6) is -1.08. The van der Waals surface area contributed by atoms with Crippen LogP contribution in [0, 0.1) is 11.6 Å². The maximum absolute atomic E-state index is 14.5. The number of thiazole rings is 2. The van der Waals surface area contributed by atoms with Crippen LogP contribution >= 0.6 is 34.4 Å². The molecule has 6 rings (SSSR count). The fourth-order valence-corrected chi connectivity index (χ4v) is 7.63. The molecule has 0 N–H and O–H groups in total. The van der Waals surface area contributed by atoms with Crippen molar-refractivity contribution in [2.45, 2.75) is 24.9 Å². The molecule has 38 heavy (non-hydrogen) atoms. The van der Waals surface area contributed by atoms with Gasteiger partial charge < -0.3 is 9.42 Å². The van der Waals surface area contributed by atoms with E-state index in [1.807, 2.05) is 65.5 Å².